The smallest absolute Gasteiger partial charge is 0.387 e. The Morgan fingerprint density at radius 1 is 1.15 bits per heavy atom. The number of nitrogens with zero attached hydrogens (tertiary/aromatic N) is 1. The third-order valence-corrected chi connectivity index (χ3v) is 3.18. The monoisotopic (exact) mass is 342 g/mol. The Morgan fingerprint density at radius 2 is 1.85 bits per heavy atom. The van der Waals surface area contributed by atoms with E-state index in [1.54, 1.807) is 18.3 Å². The number of alkyl halides is 2. The van der Waals surface area contributed by atoms with Crippen molar-refractivity contribution in [3.8, 4) is 5.75 Å². The Hall–Kier alpha value is -1.69. The first-order chi connectivity index (χ1) is 9.54. The van der Waals surface area contributed by atoms with Crippen LogP contribution in [0.15, 0.2) is 47.2 Å². The van der Waals surface area contributed by atoms with Crippen LogP contribution < -0.4 is 10.1 Å². The van der Waals surface area contributed by atoms with Crippen LogP contribution in [0, 0.1) is 0 Å². The Labute approximate surface area is 124 Å². The molecule has 0 fully saturated rings. The average Bonchev–Trinajstić information content (AvgIpc) is 2.41. The molecule has 106 valence electrons. The molecule has 2 rings (SSSR count). The molecule has 1 aromatic carbocycles. The number of halogens is 3. The van der Waals surface area contributed by atoms with Crippen molar-refractivity contribution in [3.63, 3.8) is 0 Å². The highest BCUT2D eigenvalue weighted by Gasteiger charge is 2.08. The second-order valence-corrected chi connectivity index (χ2v) is 5.00. The lowest BCUT2D eigenvalue weighted by atomic mass is 10.1. The van der Waals surface area contributed by atoms with Crippen LogP contribution in [0.4, 0.5) is 14.5 Å². The molecule has 3 nitrogen and oxygen atoms in total. The molecular formula is C14H13BrF2N2O. The molecule has 0 spiro atoms. The fraction of sp³-hybridized carbons (Fsp3) is 0.214. The van der Waals surface area contributed by atoms with Crippen molar-refractivity contribution in [2.24, 2.45) is 0 Å². The summed E-state index contributed by atoms with van der Waals surface area (Å²) >= 11 is 3.27. The van der Waals surface area contributed by atoms with E-state index in [0.717, 1.165) is 15.9 Å². The minimum atomic E-state index is -2.80. The molecule has 6 heteroatoms. The minimum absolute atomic E-state index is 0.0265. The fourth-order valence-electron chi connectivity index (χ4n) is 1.73. The van der Waals surface area contributed by atoms with Crippen LogP contribution in [-0.2, 0) is 0 Å². The Bertz CT molecular complexity index is 546. The molecule has 0 aliphatic rings. The summed E-state index contributed by atoms with van der Waals surface area (Å²) in [5, 5.41) is 3.27. The molecule has 1 heterocycles. The maximum Gasteiger partial charge on any atom is 0.387 e. The van der Waals surface area contributed by atoms with Gasteiger partial charge in [-0.2, -0.15) is 8.78 Å². The third-order valence-electron chi connectivity index (χ3n) is 2.72. The summed E-state index contributed by atoms with van der Waals surface area (Å²) in [7, 11) is 0. The van der Waals surface area contributed by atoms with Crippen LogP contribution in [-0.4, -0.2) is 11.6 Å². The van der Waals surface area contributed by atoms with E-state index in [0.29, 0.717) is 0 Å². The van der Waals surface area contributed by atoms with Gasteiger partial charge < -0.3 is 10.1 Å². The van der Waals surface area contributed by atoms with E-state index in [2.05, 4.69) is 31.0 Å². The number of aromatic nitrogens is 1. The number of hydrogen-bond acceptors (Lipinski definition) is 3. The topological polar surface area (TPSA) is 34.2 Å². The Balaban J connectivity index is 2.01. The van der Waals surface area contributed by atoms with Crippen LogP contribution >= 0.6 is 15.9 Å². The van der Waals surface area contributed by atoms with Gasteiger partial charge in [0.2, 0.25) is 0 Å². The number of hydrogen-bond donors (Lipinski definition) is 1. The van der Waals surface area contributed by atoms with E-state index < -0.39 is 6.61 Å². The summed E-state index contributed by atoms with van der Waals surface area (Å²) in [4.78, 5) is 4.12. The maximum absolute atomic E-state index is 12.1. The number of rotatable bonds is 5. The summed E-state index contributed by atoms with van der Waals surface area (Å²) in [6.45, 7) is -0.824. The normalized spacial score (nSPS) is 12.2. The number of anilines is 1. The van der Waals surface area contributed by atoms with E-state index in [1.165, 1.54) is 12.1 Å². The van der Waals surface area contributed by atoms with Gasteiger partial charge in [0.25, 0.3) is 0 Å². The van der Waals surface area contributed by atoms with Gasteiger partial charge in [-0.3, -0.25) is 0 Å². The first kappa shape index (κ1) is 14.7. The zero-order chi connectivity index (χ0) is 14.5. The molecule has 0 bridgehead atoms. The van der Waals surface area contributed by atoms with E-state index in [1.807, 2.05) is 19.1 Å². The lowest BCUT2D eigenvalue weighted by molar-refractivity contribution is -0.0498. The SMILES string of the molecule is CC(Nc1ccc(Br)nc1)c1ccc(OC(F)F)cc1. The largest absolute Gasteiger partial charge is 0.435 e. The predicted molar refractivity (Wildman–Crippen MR) is 77.0 cm³/mol. The van der Waals surface area contributed by atoms with Crippen LogP contribution in [0.25, 0.3) is 0 Å². The molecular weight excluding hydrogens is 330 g/mol. The molecule has 0 radical (unpaired) electrons. The van der Waals surface area contributed by atoms with Gasteiger partial charge in [-0.05, 0) is 52.7 Å². The third kappa shape index (κ3) is 4.16. The summed E-state index contributed by atoms with van der Waals surface area (Å²) < 4.78 is 29.2. The van der Waals surface area contributed by atoms with Crippen LogP contribution in [0.2, 0.25) is 0 Å². The molecule has 20 heavy (non-hydrogen) atoms. The van der Waals surface area contributed by atoms with E-state index in [-0.39, 0.29) is 11.8 Å². The molecule has 0 aliphatic carbocycles. The van der Waals surface area contributed by atoms with Crippen molar-refractivity contribution in [2.45, 2.75) is 19.6 Å². The van der Waals surface area contributed by atoms with Crippen LogP contribution in [0.1, 0.15) is 18.5 Å². The second-order valence-electron chi connectivity index (χ2n) is 4.18. The molecule has 0 aliphatic heterocycles. The van der Waals surface area contributed by atoms with Gasteiger partial charge in [-0.25, -0.2) is 4.98 Å². The Kier molecular flexibility index (Phi) is 4.89. The van der Waals surface area contributed by atoms with E-state index in [4.69, 9.17) is 0 Å². The van der Waals surface area contributed by atoms with Crippen molar-refractivity contribution < 1.29 is 13.5 Å². The standard InChI is InChI=1S/C14H13BrF2N2O/c1-9(19-11-4-7-13(15)18-8-11)10-2-5-12(6-3-10)20-14(16)17/h2-9,14,19H,1H3. The molecule has 1 aromatic heterocycles. The average molecular weight is 343 g/mol. The molecule has 0 amide bonds. The number of ether oxygens (including phenoxy) is 1. The van der Waals surface area contributed by atoms with Crippen LogP contribution in [0.5, 0.6) is 5.75 Å². The van der Waals surface area contributed by atoms with Gasteiger partial charge >= 0.3 is 6.61 Å². The summed E-state index contributed by atoms with van der Waals surface area (Å²) in [5.74, 6) is 0.154. The van der Waals surface area contributed by atoms with Crippen molar-refractivity contribution >= 4 is 21.6 Å². The van der Waals surface area contributed by atoms with Gasteiger partial charge in [0.1, 0.15) is 10.4 Å². The van der Waals surface area contributed by atoms with Gasteiger partial charge in [0.05, 0.1) is 11.9 Å². The quantitative estimate of drug-likeness (QED) is 0.805. The summed E-state index contributed by atoms with van der Waals surface area (Å²) in [5.41, 5.74) is 1.85. The first-order valence-corrected chi connectivity index (χ1v) is 6.77. The lowest BCUT2D eigenvalue weighted by Gasteiger charge is -2.16. The zero-order valence-corrected chi connectivity index (χ0v) is 12.3. The minimum Gasteiger partial charge on any atom is -0.435 e. The zero-order valence-electron chi connectivity index (χ0n) is 10.7. The number of nitrogens with one attached hydrogen (secondary N) is 1. The molecule has 1 unspecified atom stereocenters. The molecule has 1 atom stereocenters. The van der Waals surface area contributed by atoms with E-state index >= 15 is 0 Å². The molecule has 1 N–H and O–H groups in total. The van der Waals surface area contributed by atoms with Crippen molar-refractivity contribution in [3.05, 3.63) is 52.8 Å². The molecule has 0 saturated heterocycles. The molecule has 2 aromatic rings. The second kappa shape index (κ2) is 6.65. The highest BCUT2D eigenvalue weighted by atomic mass is 79.9. The van der Waals surface area contributed by atoms with Gasteiger partial charge in [-0.15, -0.1) is 0 Å². The highest BCUT2D eigenvalue weighted by Crippen LogP contribution is 2.22. The maximum atomic E-state index is 12.1. The van der Waals surface area contributed by atoms with Crippen molar-refractivity contribution in [1.82, 2.24) is 4.98 Å². The van der Waals surface area contributed by atoms with Gasteiger partial charge in [0, 0.05) is 6.04 Å². The van der Waals surface area contributed by atoms with Gasteiger partial charge in [-0.1, -0.05) is 12.1 Å². The summed E-state index contributed by atoms with van der Waals surface area (Å²) in [6.07, 6.45) is 1.72. The summed E-state index contributed by atoms with van der Waals surface area (Å²) in [6, 6.07) is 10.3. The molecule has 0 saturated carbocycles. The van der Waals surface area contributed by atoms with Gasteiger partial charge in [0.15, 0.2) is 0 Å². The highest BCUT2D eigenvalue weighted by molar-refractivity contribution is 9.10. The lowest BCUT2D eigenvalue weighted by Crippen LogP contribution is -2.07. The van der Waals surface area contributed by atoms with Crippen LogP contribution in [0.3, 0.4) is 0 Å². The number of benzene rings is 1. The predicted octanol–water partition coefficient (Wildman–Crippen LogP) is 4.62. The van der Waals surface area contributed by atoms with E-state index in [9.17, 15) is 8.78 Å². The van der Waals surface area contributed by atoms with Crippen molar-refractivity contribution in [2.75, 3.05) is 5.32 Å². The number of pyridine rings is 1. The fourth-order valence-corrected chi connectivity index (χ4v) is 1.97. The Morgan fingerprint density at radius 3 is 2.40 bits per heavy atom. The van der Waals surface area contributed by atoms with Crippen molar-refractivity contribution in [1.29, 1.82) is 0 Å². The first-order valence-electron chi connectivity index (χ1n) is 5.97.